The van der Waals surface area contributed by atoms with Crippen molar-refractivity contribution in [2.45, 2.75) is 39.8 Å². The fraction of sp³-hybridized carbons (Fsp3) is 0.188. The van der Waals surface area contributed by atoms with E-state index in [1.165, 1.54) is 0 Å². The van der Waals surface area contributed by atoms with Crippen molar-refractivity contribution in [2.75, 3.05) is 4.90 Å². The van der Waals surface area contributed by atoms with Gasteiger partial charge < -0.3 is 20.7 Å². The molecule has 4 N–H and O–H groups in total. The summed E-state index contributed by atoms with van der Waals surface area (Å²) in [5.74, 6) is -0.513. The fourth-order valence-electron chi connectivity index (χ4n) is 5.64. The summed E-state index contributed by atoms with van der Waals surface area (Å²) < 4.78 is 0. The molecule has 1 aliphatic heterocycles. The highest BCUT2D eigenvalue weighted by Crippen LogP contribution is 2.41. The van der Waals surface area contributed by atoms with Gasteiger partial charge in [-0.05, 0) is 79.8 Å². The number of aromatic amines is 1. The van der Waals surface area contributed by atoms with Gasteiger partial charge in [0.2, 0.25) is 0 Å². The van der Waals surface area contributed by atoms with Gasteiger partial charge in [-0.15, -0.1) is 0 Å². The van der Waals surface area contributed by atoms with E-state index in [9.17, 15) is 14.7 Å². The summed E-state index contributed by atoms with van der Waals surface area (Å²) in [6, 6.07) is 21.5. The van der Waals surface area contributed by atoms with E-state index in [0.717, 1.165) is 60.9 Å². The molecule has 0 aliphatic carbocycles. The molecule has 38 heavy (non-hydrogen) atoms. The molecule has 0 radical (unpaired) electrons. The molecular formula is C32H29N3O3. The van der Waals surface area contributed by atoms with Crippen molar-refractivity contribution in [2.24, 2.45) is 5.73 Å². The monoisotopic (exact) mass is 503 g/mol. The summed E-state index contributed by atoms with van der Waals surface area (Å²) in [7, 11) is 0. The highest BCUT2D eigenvalue weighted by atomic mass is 16.3. The summed E-state index contributed by atoms with van der Waals surface area (Å²) in [5, 5.41) is 12.4. The first-order chi connectivity index (χ1) is 18.0. The van der Waals surface area contributed by atoms with Crippen LogP contribution in [0.25, 0.3) is 32.9 Å². The number of nitrogens with zero attached hydrogens (tertiary/aromatic N) is 1. The normalized spacial score (nSPS) is 13.5. The number of aliphatic hydroxyl groups is 1. The molecule has 6 nitrogen and oxygen atoms in total. The average molecular weight is 504 g/mol. The first kappa shape index (κ1) is 23.9. The van der Waals surface area contributed by atoms with Crippen LogP contribution in [-0.4, -0.2) is 21.9 Å². The molecule has 0 fully saturated rings. The number of amides is 2. The number of H-pyrrole nitrogens is 1. The molecule has 0 unspecified atom stereocenters. The molecule has 6 rings (SSSR count). The summed E-state index contributed by atoms with van der Waals surface area (Å²) >= 11 is 0. The lowest BCUT2D eigenvalue weighted by atomic mass is 9.92. The van der Waals surface area contributed by atoms with Crippen LogP contribution in [0.1, 0.15) is 56.8 Å². The second-order valence-electron chi connectivity index (χ2n) is 10.7. The van der Waals surface area contributed by atoms with Crippen molar-refractivity contribution < 1.29 is 14.7 Å². The van der Waals surface area contributed by atoms with Crippen LogP contribution in [0.3, 0.4) is 0 Å². The van der Waals surface area contributed by atoms with Gasteiger partial charge in [-0.2, -0.15) is 0 Å². The zero-order valence-corrected chi connectivity index (χ0v) is 21.8. The van der Waals surface area contributed by atoms with E-state index in [0.29, 0.717) is 17.6 Å². The molecule has 5 aromatic rings. The minimum atomic E-state index is -1.01. The molecule has 1 aromatic heterocycles. The fourth-order valence-corrected chi connectivity index (χ4v) is 5.64. The zero-order chi connectivity index (χ0) is 26.9. The number of benzene rings is 4. The van der Waals surface area contributed by atoms with Crippen LogP contribution < -0.4 is 10.6 Å². The molecule has 0 saturated carbocycles. The van der Waals surface area contributed by atoms with E-state index < -0.39 is 11.5 Å². The van der Waals surface area contributed by atoms with Crippen LogP contribution in [-0.2, 0) is 12.1 Å². The quantitative estimate of drug-likeness (QED) is 0.277. The van der Waals surface area contributed by atoms with Gasteiger partial charge in [0.15, 0.2) is 0 Å². The topological polar surface area (TPSA) is 99.4 Å². The summed E-state index contributed by atoms with van der Waals surface area (Å²) in [6.45, 7) is 8.04. The van der Waals surface area contributed by atoms with Crippen molar-refractivity contribution in [1.82, 2.24) is 4.98 Å². The Morgan fingerprint density at radius 3 is 2.50 bits per heavy atom. The predicted octanol–water partition coefficient (Wildman–Crippen LogP) is 6.09. The zero-order valence-electron chi connectivity index (χ0n) is 21.8. The van der Waals surface area contributed by atoms with Crippen molar-refractivity contribution in [3.05, 3.63) is 100 Å². The molecule has 6 heteroatoms. The molecule has 2 amide bonds. The lowest BCUT2D eigenvalue weighted by Gasteiger charge is -2.21. The van der Waals surface area contributed by atoms with Crippen LogP contribution >= 0.6 is 0 Å². The summed E-state index contributed by atoms with van der Waals surface area (Å²) in [6.07, 6.45) is 0. The van der Waals surface area contributed by atoms with Crippen LogP contribution in [0, 0.1) is 13.8 Å². The number of fused-ring (bicyclic) bond motifs is 4. The van der Waals surface area contributed by atoms with Gasteiger partial charge in [0, 0.05) is 27.5 Å². The Labute approximate surface area is 220 Å². The van der Waals surface area contributed by atoms with E-state index in [-0.39, 0.29) is 5.91 Å². The Bertz CT molecular complexity index is 1810. The molecule has 0 spiro atoms. The first-order valence-corrected chi connectivity index (χ1v) is 12.7. The van der Waals surface area contributed by atoms with E-state index >= 15 is 0 Å². The van der Waals surface area contributed by atoms with Crippen molar-refractivity contribution in [3.8, 4) is 11.1 Å². The minimum absolute atomic E-state index is 0.00409. The third-order valence-electron chi connectivity index (χ3n) is 7.68. The third kappa shape index (κ3) is 3.60. The van der Waals surface area contributed by atoms with Gasteiger partial charge >= 0.3 is 0 Å². The predicted molar refractivity (Wildman–Crippen MR) is 151 cm³/mol. The minimum Gasteiger partial charge on any atom is -0.386 e. The first-order valence-electron chi connectivity index (χ1n) is 12.7. The highest BCUT2D eigenvalue weighted by molar-refractivity contribution is 6.20. The molecule has 4 aromatic carbocycles. The van der Waals surface area contributed by atoms with Gasteiger partial charge in [-0.25, -0.2) is 0 Å². The van der Waals surface area contributed by atoms with E-state index in [2.05, 4.69) is 4.98 Å². The Morgan fingerprint density at radius 2 is 1.76 bits per heavy atom. The number of anilines is 1. The highest BCUT2D eigenvalue weighted by Gasteiger charge is 2.30. The van der Waals surface area contributed by atoms with Gasteiger partial charge in [-0.1, -0.05) is 48.0 Å². The molecule has 190 valence electrons. The van der Waals surface area contributed by atoms with Crippen molar-refractivity contribution >= 4 is 39.3 Å². The Kier molecular flexibility index (Phi) is 5.23. The van der Waals surface area contributed by atoms with Crippen LogP contribution in [0.4, 0.5) is 5.69 Å². The van der Waals surface area contributed by atoms with Gasteiger partial charge in [0.25, 0.3) is 11.8 Å². The largest absolute Gasteiger partial charge is 0.386 e. The SMILES string of the molecule is Cc1ccc2c(c1)C(=O)N(c1cccc(-c3ccc(C(N)=O)c4[nH]c5cc(C(C)(C)O)ccc5c34)c1C)C2. The molecule has 0 atom stereocenters. The van der Waals surface area contributed by atoms with E-state index in [1.54, 1.807) is 19.9 Å². The third-order valence-corrected chi connectivity index (χ3v) is 7.68. The number of carbonyl (C=O) groups is 2. The van der Waals surface area contributed by atoms with Gasteiger partial charge in [-0.3, -0.25) is 9.59 Å². The molecule has 1 aliphatic rings. The van der Waals surface area contributed by atoms with Crippen molar-refractivity contribution in [1.29, 1.82) is 0 Å². The number of hydrogen-bond acceptors (Lipinski definition) is 3. The summed E-state index contributed by atoms with van der Waals surface area (Å²) in [4.78, 5) is 30.9. The van der Waals surface area contributed by atoms with Crippen LogP contribution in [0.15, 0.2) is 66.7 Å². The maximum absolute atomic E-state index is 13.4. The number of aromatic nitrogens is 1. The Hall–Kier alpha value is -4.42. The lowest BCUT2D eigenvalue weighted by Crippen LogP contribution is -2.24. The molecular weight excluding hydrogens is 474 g/mol. The number of nitrogens with one attached hydrogen (secondary N) is 1. The smallest absolute Gasteiger partial charge is 0.258 e. The maximum atomic E-state index is 13.4. The number of hydrogen-bond donors (Lipinski definition) is 3. The van der Waals surface area contributed by atoms with Crippen LogP contribution in [0.2, 0.25) is 0 Å². The van der Waals surface area contributed by atoms with Gasteiger partial charge in [0.05, 0.1) is 23.2 Å². The second-order valence-corrected chi connectivity index (χ2v) is 10.7. The van der Waals surface area contributed by atoms with E-state index in [1.807, 2.05) is 79.4 Å². The Morgan fingerprint density at radius 1 is 0.974 bits per heavy atom. The van der Waals surface area contributed by atoms with E-state index in [4.69, 9.17) is 5.73 Å². The van der Waals surface area contributed by atoms with Crippen molar-refractivity contribution in [3.63, 3.8) is 0 Å². The molecule has 0 bridgehead atoms. The summed E-state index contributed by atoms with van der Waals surface area (Å²) in [5.41, 5.74) is 13.9. The second kappa shape index (κ2) is 8.30. The number of nitrogens with two attached hydrogens (primary N) is 1. The molecule has 2 heterocycles. The average Bonchev–Trinajstić information content (AvgIpc) is 3.40. The van der Waals surface area contributed by atoms with Gasteiger partial charge in [0.1, 0.15) is 0 Å². The standard InChI is InChI=1S/C32H29N3O3/c1-17-8-9-19-16-35(31(37)25(19)14-17)27-7-5-6-21(18(27)2)22-12-13-24(30(33)36)29-28(22)23-11-10-20(32(3,4)38)15-26(23)34-29/h5-15,34,38H,16H2,1-4H3,(H2,33,36). The van der Waals surface area contributed by atoms with Crippen LogP contribution in [0.5, 0.6) is 0 Å². The number of carbonyl (C=O) groups excluding carboxylic acids is 2. The number of rotatable bonds is 4. The Balaban J connectivity index is 1.56. The number of aryl methyl sites for hydroxylation is 1. The lowest BCUT2D eigenvalue weighted by molar-refractivity contribution is 0.0787. The number of primary amides is 1. The maximum Gasteiger partial charge on any atom is 0.258 e. The molecule has 0 saturated heterocycles.